The van der Waals surface area contributed by atoms with Crippen molar-refractivity contribution in [1.82, 2.24) is 10.8 Å². The zero-order valence-corrected chi connectivity index (χ0v) is 17.1. The Balaban J connectivity index is 2.93. The molecule has 0 heterocycles. The summed E-state index contributed by atoms with van der Waals surface area (Å²) in [6.07, 6.45) is 2.21. The molecule has 0 saturated heterocycles. The number of nitrogens with zero attached hydrogens (tertiary/aromatic N) is 1. The molecule has 2 amide bonds. The third-order valence-corrected chi connectivity index (χ3v) is 3.48. The SMILES string of the molecule is CONC(=CC(=O)NC(=NC(=O)OC(C)(C)C)SC)c1ccc(OC)cc1. The molecule has 1 rings (SSSR count). The van der Waals surface area contributed by atoms with E-state index in [1.165, 1.54) is 13.2 Å². The number of hydrogen-bond donors (Lipinski definition) is 2. The molecule has 9 heteroatoms. The molecule has 1 aromatic carbocycles. The highest BCUT2D eigenvalue weighted by atomic mass is 32.2. The lowest BCUT2D eigenvalue weighted by atomic mass is 10.1. The Labute approximate surface area is 163 Å². The highest BCUT2D eigenvalue weighted by Crippen LogP contribution is 2.17. The van der Waals surface area contributed by atoms with Gasteiger partial charge in [-0.15, -0.1) is 0 Å². The second kappa shape index (κ2) is 10.6. The Morgan fingerprint density at radius 1 is 1.15 bits per heavy atom. The number of carbonyl (C=O) groups excluding carboxylic acids is 2. The van der Waals surface area contributed by atoms with E-state index in [1.807, 2.05) is 0 Å². The molecule has 0 unspecified atom stereocenters. The molecule has 0 aliphatic carbocycles. The standard InChI is InChI=1S/C18H25N3O5S/c1-18(2,3)26-17(23)20-16(27-6)19-15(22)11-14(21-25-5)12-7-9-13(24-4)10-8-12/h7-11,21H,1-6H3,(H,19,20,22,23). The Kier molecular flexibility index (Phi) is 8.83. The molecule has 8 nitrogen and oxygen atoms in total. The van der Waals surface area contributed by atoms with Crippen LogP contribution in [0.15, 0.2) is 35.3 Å². The number of rotatable bonds is 5. The number of aliphatic imine (C=N–C) groups is 1. The second-order valence-corrected chi connectivity index (χ2v) is 6.98. The molecule has 0 saturated carbocycles. The summed E-state index contributed by atoms with van der Waals surface area (Å²) < 4.78 is 10.2. The van der Waals surface area contributed by atoms with Crippen LogP contribution in [0.4, 0.5) is 4.79 Å². The largest absolute Gasteiger partial charge is 0.497 e. The van der Waals surface area contributed by atoms with Crippen LogP contribution >= 0.6 is 11.8 Å². The number of thioether (sulfide) groups is 1. The Hall–Kier alpha value is -2.52. The van der Waals surface area contributed by atoms with E-state index in [9.17, 15) is 9.59 Å². The average Bonchev–Trinajstić information content (AvgIpc) is 2.59. The summed E-state index contributed by atoms with van der Waals surface area (Å²) in [5, 5.41) is 2.66. The van der Waals surface area contributed by atoms with Gasteiger partial charge in [0.2, 0.25) is 0 Å². The molecule has 27 heavy (non-hydrogen) atoms. The van der Waals surface area contributed by atoms with Crippen LogP contribution in [0, 0.1) is 0 Å². The fourth-order valence-electron chi connectivity index (χ4n) is 1.82. The highest BCUT2D eigenvalue weighted by molar-refractivity contribution is 8.13. The summed E-state index contributed by atoms with van der Waals surface area (Å²) in [5.41, 5.74) is 3.12. The molecule has 0 fully saturated rings. The molecule has 0 radical (unpaired) electrons. The van der Waals surface area contributed by atoms with Gasteiger partial charge in [0.15, 0.2) is 5.17 Å². The first-order valence-electron chi connectivity index (χ1n) is 8.00. The van der Waals surface area contributed by atoms with E-state index in [0.29, 0.717) is 17.0 Å². The molecule has 1 aromatic rings. The van der Waals surface area contributed by atoms with E-state index in [1.54, 1.807) is 58.4 Å². The van der Waals surface area contributed by atoms with Gasteiger partial charge in [0, 0.05) is 11.6 Å². The lowest BCUT2D eigenvalue weighted by Crippen LogP contribution is -2.29. The van der Waals surface area contributed by atoms with E-state index < -0.39 is 17.6 Å². The van der Waals surface area contributed by atoms with Gasteiger partial charge >= 0.3 is 6.09 Å². The van der Waals surface area contributed by atoms with Crippen LogP contribution in [0.1, 0.15) is 26.3 Å². The first-order chi connectivity index (χ1) is 12.7. The van der Waals surface area contributed by atoms with Gasteiger partial charge in [-0.1, -0.05) is 11.8 Å². The molecule has 0 bridgehead atoms. The van der Waals surface area contributed by atoms with Gasteiger partial charge in [-0.2, -0.15) is 4.99 Å². The fraction of sp³-hybridized carbons (Fsp3) is 0.389. The van der Waals surface area contributed by atoms with E-state index in [2.05, 4.69) is 15.8 Å². The Bertz CT molecular complexity index is 709. The van der Waals surface area contributed by atoms with Crippen LogP contribution in [0.3, 0.4) is 0 Å². The summed E-state index contributed by atoms with van der Waals surface area (Å²) >= 11 is 1.11. The summed E-state index contributed by atoms with van der Waals surface area (Å²) in [7, 11) is 3.01. The molecule has 0 aliphatic heterocycles. The van der Waals surface area contributed by atoms with Gasteiger partial charge < -0.3 is 14.8 Å². The van der Waals surface area contributed by atoms with E-state index in [0.717, 1.165) is 11.8 Å². The van der Waals surface area contributed by atoms with Gasteiger partial charge in [0.25, 0.3) is 5.91 Å². The molecule has 0 aliphatic rings. The van der Waals surface area contributed by atoms with E-state index >= 15 is 0 Å². The Morgan fingerprint density at radius 2 is 1.78 bits per heavy atom. The number of nitrogens with one attached hydrogen (secondary N) is 2. The van der Waals surface area contributed by atoms with Crippen molar-refractivity contribution in [3.05, 3.63) is 35.9 Å². The van der Waals surface area contributed by atoms with Crippen LogP contribution in [0.5, 0.6) is 5.75 Å². The van der Waals surface area contributed by atoms with Crippen LogP contribution in [0.25, 0.3) is 5.70 Å². The Morgan fingerprint density at radius 3 is 2.26 bits per heavy atom. The number of amidine groups is 1. The highest BCUT2D eigenvalue weighted by Gasteiger charge is 2.17. The molecule has 148 valence electrons. The number of hydroxylamine groups is 1. The van der Waals surface area contributed by atoms with Gasteiger partial charge in [0.05, 0.1) is 19.9 Å². The smallest absolute Gasteiger partial charge is 0.436 e. The molecule has 0 atom stereocenters. The zero-order valence-electron chi connectivity index (χ0n) is 16.3. The van der Waals surface area contributed by atoms with Crippen molar-refractivity contribution < 1.29 is 23.9 Å². The lowest BCUT2D eigenvalue weighted by Gasteiger charge is -2.17. The summed E-state index contributed by atoms with van der Waals surface area (Å²) in [6.45, 7) is 5.20. The van der Waals surface area contributed by atoms with Gasteiger partial charge in [-0.25, -0.2) is 4.79 Å². The predicted octanol–water partition coefficient (Wildman–Crippen LogP) is 2.96. The fourth-order valence-corrected chi connectivity index (χ4v) is 2.19. The molecule has 0 aromatic heterocycles. The molecule has 2 N–H and O–H groups in total. The summed E-state index contributed by atoms with van der Waals surface area (Å²) in [5.74, 6) is 0.205. The second-order valence-electron chi connectivity index (χ2n) is 6.18. The lowest BCUT2D eigenvalue weighted by molar-refractivity contribution is -0.115. The predicted molar refractivity (Wildman–Crippen MR) is 106 cm³/mol. The topological polar surface area (TPSA) is 98.2 Å². The number of hydrogen-bond acceptors (Lipinski definition) is 7. The van der Waals surface area contributed by atoms with Crippen LogP contribution < -0.4 is 15.5 Å². The quantitative estimate of drug-likeness (QED) is 0.342. The summed E-state index contributed by atoms with van der Waals surface area (Å²) in [6, 6.07) is 7.06. The number of amides is 2. The monoisotopic (exact) mass is 395 g/mol. The molecular weight excluding hydrogens is 370 g/mol. The van der Waals surface area contributed by atoms with Crippen molar-refractivity contribution in [2.75, 3.05) is 20.5 Å². The minimum Gasteiger partial charge on any atom is -0.497 e. The number of carbonyl (C=O) groups is 2. The first kappa shape index (κ1) is 22.5. The molecule has 0 spiro atoms. The van der Waals surface area contributed by atoms with Crippen LogP contribution in [0.2, 0.25) is 0 Å². The minimum absolute atomic E-state index is 0.122. The first-order valence-corrected chi connectivity index (χ1v) is 9.22. The van der Waals surface area contributed by atoms with Gasteiger partial charge in [-0.05, 0) is 51.3 Å². The van der Waals surface area contributed by atoms with Crippen molar-refractivity contribution in [2.45, 2.75) is 26.4 Å². The van der Waals surface area contributed by atoms with Gasteiger partial charge in [0.1, 0.15) is 11.4 Å². The maximum atomic E-state index is 12.3. The number of methoxy groups -OCH3 is 1. The van der Waals surface area contributed by atoms with E-state index in [-0.39, 0.29) is 5.17 Å². The van der Waals surface area contributed by atoms with Crippen molar-refractivity contribution in [1.29, 1.82) is 0 Å². The summed E-state index contributed by atoms with van der Waals surface area (Å²) in [4.78, 5) is 32.8. The third-order valence-electron chi connectivity index (χ3n) is 2.90. The van der Waals surface area contributed by atoms with E-state index in [4.69, 9.17) is 14.3 Å². The number of benzene rings is 1. The molecular formula is C18H25N3O5S. The minimum atomic E-state index is -0.776. The average molecular weight is 395 g/mol. The van der Waals surface area contributed by atoms with Gasteiger partial charge in [-0.3, -0.25) is 15.1 Å². The normalized spacial score (nSPS) is 12.4. The van der Waals surface area contributed by atoms with Crippen molar-refractivity contribution in [2.24, 2.45) is 4.99 Å². The van der Waals surface area contributed by atoms with Crippen molar-refractivity contribution in [3.63, 3.8) is 0 Å². The maximum absolute atomic E-state index is 12.3. The van der Waals surface area contributed by atoms with Crippen LogP contribution in [-0.2, 0) is 14.4 Å². The van der Waals surface area contributed by atoms with Crippen LogP contribution in [-0.4, -0.2) is 43.2 Å². The maximum Gasteiger partial charge on any atom is 0.436 e. The zero-order chi connectivity index (χ0) is 20.4. The third kappa shape index (κ3) is 8.61. The van der Waals surface area contributed by atoms with Crippen molar-refractivity contribution >= 4 is 34.6 Å². The van der Waals surface area contributed by atoms with Crippen molar-refractivity contribution in [3.8, 4) is 5.75 Å². The number of ether oxygens (including phenoxy) is 2.